The molecule has 0 N–H and O–H groups in total. The molecule has 0 radical (unpaired) electrons. The van der Waals surface area contributed by atoms with Gasteiger partial charge < -0.3 is 0 Å². The molecule has 0 unspecified atom stereocenters. The van der Waals surface area contributed by atoms with Crippen molar-refractivity contribution in [3.05, 3.63) is 0 Å². The molecule has 0 fully saturated rings. The van der Waals surface area contributed by atoms with E-state index in [4.69, 9.17) is 23.2 Å². The standard InChI is InChI=1S/C6H9Cl2NS/c7-3-1-2-6(8)4-9-5-10/h6H,1-4H2/t6-/m0/s1. The Bertz CT molecular complexity index is 123. The molecule has 0 aromatic heterocycles. The highest BCUT2D eigenvalue weighted by atomic mass is 35.5. The minimum atomic E-state index is 0.0641. The van der Waals surface area contributed by atoms with E-state index >= 15 is 0 Å². The van der Waals surface area contributed by atoms with Crippen LogP contribution >= 0.6 is 35.4 Å². The Kier molecular flexibility index (Phi) is 7.77. The molecule has 0 saturated carbocycles. The van der Waals surface area contributed by atoms with Crippen molar-refractivity contribution in [3.63, 3.8) is 0 Å². The summed E-state index contributed by atoms with van der Waals surface area (Å²) in [6.07, 6.45) is 1.83. The lowest BCUT2D eigenvalue weighted by molar-refractivity contribution is 0.742. The Morgan fingerprint density at radius 3 is 2.80 bits per heavy atom. The van der Waals surface area contributed by atoms with Crippen molar-refractivity contribution in [1.82, 2.24) is 0 Å². The van der Waals surface area contributed by atoms with Gasteiger partial charge in [-0.05, 0) is 25.1 Å². The molecule has 0 saturated heterocycles. The number of alkyl halides is 2. The molecule has 0 aliphatic carbocycles. The van der Waals surface area contributed by atoms with Crippen LogP contribution in [0, 0.1) is 0 Å². The predicted octanol–water partition coefficient (Wildman–Crippen LogP) is 2.72. The normalized spacial score (nSPS) is 12.2. The molecule has 0 aromatic rings. The maximum Gasteiger partial charge on any atom is 0.0656 e. The molecule has 0 aromatic carbocycles. The first-order chi connectivity index (χ1) is 4.81. The number of nitrogens with zero attached hydrogens (tertiary/aromatic N) is 1. The van der Waals surface area contributed by atoms with Gasteiger partial charge in [0.2, 0.25) is 0 Å². The molecule has 0 aliphatic heterocycles. The minimum absolute atomic E-state index is 0.0641. The van der Waals surface area contributed by atoms with Gasteiger partial charge in [0.1, 0.15) is 0 Å². The molecular formula is C6H9Cl2NS. The lowest BCUT2D eigenvalue weighted by Crippen LogP contribution is -2.02. The fourth-order valence-electron chi connectivity index (χ4n) is 0.526. The largest absolute Gasteiger partial charge is 0.231 e. The summed E-state index contributed by atoms with van der Waals surface area (Å²) in [5, 5.41) is 2.33. The molecule has 0 aliphatic rings. The first-order valence-corrected chi connectivity index (χ1v) is 4.43. The van der Waals surface area contributed by atoms with Crippen molar-refractivity contribution in [3.8, 4) is 0 Å². The van der Waals surface area contributed by atoms with Crippen LogP contribution in [0.4, 0.5) is 0 Å². The van der Waals surface area contributed by atoms with Crippen LogP contribution in [0.2, 0.25) is 0 Å². The predicted molar refractivity (Wildman–Crippen MR) is 49.5 cm³/mol. The number of halogens is 2. The molecule has 4 heteroatoms. The molecule has 0 heterocycles. The first kappa shape index (κ1) is 10.4. The van der Waals surface area contributed by atoms with Gasteiger partial charge in [-0.25, -0.2) is 4.99 Å². The highest BCUT2D eigenvalue weighted by molar-refractivity contribution is 7.78. The summed E-state index contributed by atoms with van der Waals surface area (Å²) < 4.78 is 0. The zero-order valence-electron chi connectivity index (χ0n) is 5.52. The van der Waals surface area contributed by atoms with E-state index in [1.54, 1.807) is 0 Å². The fraction of sp³-hybridized carbons (Fsp3) is 0.833. The highest BCUT2D eigenvalue weighted by Crippen LogP contribution is 2.05. The van der Waals surface area contributed by atoms with Crippen molar-refractivity contribution in [2.24, 2.45) is 4.99 Å². The second kappa shape index (κ2) is 7.49. The average Bonchev–Trinajstić information content (AvgIpc) is 1.97. The third-order valence-electron chi connectivity index (χ3n) is 1.00. The average molecular weight is 198 g/mol. The summed E-state index contributed by atoms with van der Waals surface area (Å²) >= 11 is 15.6. The van der Waals surface area contributed by atoms with E-state index in [0.29, 0.717) is 12.4 Å². The summed E-state index contributed by atoms with van der Waals surface area (Å²) in [7, 11) is 0. The van der Waals surface area contributed by atoms with Gasteiger partial charge in [0.05, 0.1) is 17.1 Å². The number of hydrogen-bond donors (Lipinski definition) is 0. The highest BCUT2D eigenvalue weighted by Gasteiger charge is 2.00. The van der Waals surface area contributed by atoms with Gasteiger partial charge >= 0.3 is 0 Å². The van der Waals surface area contributed by atoms with Gasteiger partial charge in [0, 0.05) is 5.88 Å². The van der Waals surface area contributed by atoms with Crippen molar-refractivity contribution >= 4 is 40.6 Å². The Morgan fingerprint density at radius 2 is 2.30 bits per heavy atom. The molecule has 0 bridgehead atoms. The van der Waals surface area contributed by atoms with Gasteiger partial charge in [0.25, 0.3) is 0 Å². The van der Waals surface area contributed by atoms with Gasteiger partial charge in [-0.1, -0.05) is 0 Å². The summed E-state index contributed by atoms with van der Waals surface area (Å²) in [5.41, 5.74) is 0. The summed E-state index contributed by atoms with van der Waals surface area (Å²) in [5.74, 6) is 0.657. The second-order valence-corrected chi connectivity index (χ2v) is 3.04. The van der Waals surface area contributed by atoms with Gasteiger partial charge in [-0.2, -0.15) is 0 Å². The van der Waals surface area contributed by atoms with E-state index < -0.39 is 0 Å². The Hall–Kier alpha value is 0.380. The van der Waals surface area contributed by atoms with Crippen molar-refractivity contribution < 1.29 is 0 Å². The summed E-state index contributed by atoms with van der Waals surface area (Å²) in [6.45, 7) is 0.557. The molecule has 0 rings (SSSR count). The second-order valence-electron chi connectivity index (χ2n) is 1.86. The van der Waals surface area contributed by atoms with Gasteiger partial charge in [-0.3, -0.25) is 0 Å². The van der Waals surface area contributed by atoms with E-state index in [9.17, 15) is 0 Å². The zero-order chi connectivity index (χ0) is 7.82. The van der Waals surface area contributed by atoms with Crippen LogP contribution in [-0.4, -0.2) is 23.0 Å². The third-order valence-corrected chi connectivity index (χ3v) is 1.76. The van der Waals surface area contributed by atoms with E-state index in [1.807, 2.05) is 0 Å². The fourth-order valence-corrected chi connectivity index (χ4v) is 0.978. The third kappa shape index (κ3) is 6.50. The maximum atomic E-state index is 5.80. The van der Waals surface area contributed by atoms with E-state index in [1.165, 1.54) is 0 Å². The lowest BCUT2D eigenvalue weighted by Gasteiger charge is -2.01. The van der Waals surface area contributed by atoms with Crippen LogP contribution < -0.4 is 0 Å². The van der Waals surface area contributed by atoms with E-state index in [0.717, 1.165) is 12.8 Å². The van der Waals surface area contributed by atoms with Crippen LogP contribution in [0.25, 0.3) is 0 Å². The SMILES string of the molecule is S=C=NC[C@@H](Cl)CCCCl. The van der Waals surface area contributed by atoms with E-state index in [-0.39, 0.29) is 5.38 Å². The van der Waals surface area contributed by atoms with Crippen LogP contribution in [0.3, 0.4) is 0 Å². The van der Waals surface area contributed by atoms with Crippen LogP contribution in [0.15, 0.2) is 4.99 Å². The maximum absolute atomic E-state index is 5.80. The topological polar surface area (TPSA) is 12.4 Å². The summed E-state index contributed by atoms with van der Waals surface area (Å²) in [6, 6.07) is 0. The molecule has 0 amide bonds. The molecular weight excluding hydrogens is 189 g/mol. The minimum Gasteiger partial charge on any atom is -0.231 e. The number of aliphatic imine (C=N–C) groups is 1. The molecule has 1 atom stereocenters. The number of isothiocyanates is 1. The van der Waals surface area contributed by atoms with Gasteiger partial charge in [-0.15, -0.1) is 23.2 Å². The first-order valence-electron chi connectivity index (χ1n) is 3.05. The Morgan fingerprint density at radius 1 is 1.60 bits per heavy atom. The van der Waals surface area contributed by atoms with Crippen LogP contribution in [0.1, 0.15) is 12.8 Å². The quantitative estimate of drug-likeness (QED) is 0.376. The molecule has 58 valence electrons. The van der Waals surface area contributed by atoms with Gasteiger partial charge in [0.15, 0.2) is 0 Å². The smallest absolute Gasteiger partial charge is 0.0656 e. The Labute approximate surface area is 76.4 Å². The lowest BCUT2D eigenvalue weighted by atomic mass is 10.2. The Balaban J connectivity index is 3.24. The van der Waals surface area contributed by atoms with Crippen molar-refractivity contribution in [1.29, 1.82) is 0 Å². The van der Waals surface area contributed by atoms with Crippen LogP contribution in [0.5, 0.6) is 0 Å². The molecule has 0 spiro atoms. The number of thiocarbonyl (C=S) groups is 1. The van der Waals surface area contributed by atoms with E-state index in [2.05, 4.69) is 22.4 Å². The zero-order valence-corrected chi connectivity index (χ0v) is 7.85. The molecule has 10 heavy (non-hydrogen) atoms. The van der Waals surface area contributed by atoms with Crippen molar-refractivity contribution in [2.75, 3.05) is 12.4 Å². The van der Waals surface area contributed by atoms with Crippen molar-refractivity contribution in [2.45, 2.75) is 18.2 Å². The number of rotatable bonds is 5. The van der Waals surface area contributed by atoms with Crippen LogP contribution in [-0.2, 0) is 0 Å². The molecule has 1 nitrogen and oxygen atoms in total. The number of hydrogen-bond acceptors (Lipinski definition) is 2. The monoisotopic (exact) mass is 197 g/mol. The summed E-state index contributed by atoms with van der Waals surface area (Å²) in [4.78, 5) is 3.71.